The van der Waals surface area contributed by atoms with Gasteiger partial charge in [-0.15, -0.1) is 11.3 Å². The van der Waals surface area contributed by atoms with Gasteiger partial charge in [0, 0.05) is 44.0 Å². The van der Waals surface area contributed by atoms with E-state index in [9.17, 15) is 9.90 Å². The molecule has 23 heavy (non-hydrogen) atoms. The summed E-state index contributed by atoms with van der Waals surface area (Å²) in [5.41, 5.74) is 0.521. The maximum absolute atomic E-state index is 12.6. The van der Waals surface area contributed by atoms with Crippen LogP contribution in [0.3, 0.4) is 0 Å². The summed E-state index contributed by atoms with van der Waals surface area (Å²) >= 11 is 1.76. The number of carbonyl (C=O) groups excluding carboxylic acids is 1. The first-order chi connectivity index (χ1) is 10.9. The monoisotopic (exact) mass is 338 g/mol. The van der Waals surface area contributed by atoms with Crippen molar-refractivity contribution in [1.29, 1.82) is 0 Å². The molecule has 1 atom stereocenters. The molecular weight excluding hydrogens is 312 g/mol. The lowest BCUT2D eigenvalue weighted by molar-refractivity contribution is -0.136. The van der Waals surface area contributed by atoms with Crippen LogP contribution < -0.4 is 0 Å². The molecule has 3 rings (SSSR count). The molecule has 2 aliphatic heterocycles. The molecular formula is C17H26N2O3S. The van der Waals surface area contributed by atoms with E-state index < -0.39 is 5.60 Å². The molecule has 3 heterocycles. The summed E-state index contributed by atoms with van der Waals surface area (Å²) in [6, 6.07) is 2.10. The number of hydrogen-bond donors (Lipinski definition) is 1. The number of rotatable bonds is 4. The van der Waals surface area contributed by atoms with E-state index in [0.29, 0.717) is 19.6 Å². The lowest BCUT2D eigenvalue weighted by Crippen LogP contribution is -2.52. The molecule has 1 amide bonds. The van der Waals surface area contributed by atoms with Crippen molar-refractivity contribution in [2.24, 2.45) is 0 Å². The Kier molecular flexibility index (Phi) is 5.06. The van der Waals surface area contributed by atoms with E-state index in [1.165, 1.54) is 10.4 Å². The number of thiophene rings is 1. The van der Waals surface area contributed by atoms with Gasteiger partial charge >= 0.3 is 0 Å². The fourth-order valence-electron chi connectivity index (χ4n) is 3.38. The minimum atomic E-state index is -0.683. The van der Waals surface area contributed by atoms with Crippen molar-refractivity contribution >= 4 is 17.2 Å². The molecule has 0 aliphatic carbocycles. The molecule has 1 aromatic rings. The highest BCUT2D eigenvalue weighted by atomic mass is 32.1. The van der Waals surface area contributed by atoms with Gasteiger partial charge in [0.15, 0.2) is 0 Å². The van der Waals surface area contributed by atoms with Gasteiger partial charge in [0.2, 0.25) is 5.91 Å². The molecule has 0 spiro atoms. The lowest BCUT2D eigenvalue weighted by atomic mass is 10.0. The summed E-state index contributed by atoms with van der Waals surface area (Å²) in [7, 11) is 0. The van der Waals surface area contributed by atoms with E-state index >= 15 is 0 Å². The van der Waals surface area contributed by atoms with E-state index in [1.807, 2.05) is 18.7 Å². The first-order valence-electron chi connectivity index (χ1n) is 8.33. The van der Waals surface area contributed by atoms with Crippen LogP contribution >= 0.6 is 11.3 Å². The Bertz CT molecular complexity index is 544. The summed E-state index contributed by atoms with van der Waals surface area (Å²) < 4.78 is 5.83. The van der Waals surface area contributed by atoms with Crippen LogP contribution in [0.5, 0.6) is 0 Å². The van der Waals surface area contributed by atoms with Gasteiger partial charge in [-0.25, -0.2) is 0 Å². The maximum Gasteiger partial charge on any atom is 0.225 e. The van der Waals surface area contributed by atoms with Crippen LogP contribution in [-0.2, 0) is 16.0 Å². The second kappa shape index (κ2) is 6.89. The maximum atomic E-state index is 12.6. The second-order valence-electron chi connectivity index (χ2n) is 7.08. The third-order valence-electron chi connectivity index (χ3n) is 4.47. The zero-order valence-corrected chi connectivity index (χ0v) is 14.8. The van der Waals surface area contributed by atoms with Gasteiger partial charge in [-0.05, 0) is 30.9 Å². The third kappa shape index (κ3) is 4.32. The Morgan fingerprint density at radius 2 is 2.13 bits per heavy atom. The zero-order valence-electron chi connectivity index (χ0n) is 14.0. The first kappa shape index (κ1) is 16.9. The summed E-state index contributed by atoms with van der Waals surface area (Å²) in [4.78, 5) is 18.1. The predicted molar refractivity (Wildman–Crippen MR) is 90.7 cm³/mol. The van der Waals surface area contributed by atoms with E-state index in [0.717, 1.165) is 32.6 Å². The molecule has 1 aromatic heterocycles. The Labute approximate surface area is 141 Å². The number of fused-ring (bicyclic) bond motifs is 1. The minimum absolute atomic E-state index is 0.0769. The molecule has 128 valence electrons. The topological polar surface area (TPSA) is 53.0 Å². The van der Waals surface area contributed by atoms with E-state index in [4.69, 9.17) is 4.74 Å². The number of β-amino-alcohol motifs (C(OH)–C–C–N with tert-alkyl or cyclic N) is 1. The smallest absolute Gasteiger partial charge is 0.225 e. The molecule has 5 nitrogen and oxygen atoms in total. The highest BCUT2D eigenvalue weighted by Crippen LogP contribution is 2.33. The summed E-state index contributed by atoms with van der Waals surface area (Å²) in [5.74, 6) is 0.178. The second-order valence-corrected chi connectivity index (χ2v) is 8.08. The molecule has 0 radical (unpaired) electrons. The van der Waals surface area contributed by atoms with Gasteiger partial charge in [-0.3, -0.25) is 9.69 Å². The normalized spacial score (nSPS) is 22.9. The van der Waals surface area contributed by atoms with Crippen LogP contribution in [0.4, 0.5) is 0 Å². The number of carbonyl (C=O) groups is 1. The van der Waals surface area contributed by atoms with Crippen molar-refractivity contribution in [3.63, 3.8) is 0 Å². The van der Waals surface area contributed by atoms with Crippen LogP contribution in [0.25, 0.3) is 0 Å². The van der Waals surface area contributed by atoms with Gasteiger partial charge in [0.1, 0.15) is 0 Å². The number of hydrogen-bond acceptors (Lipinski definition) is 5. The third-order valence-corrected chi connectivity index (χ3v) is 5.47. The van der Waals surface area contributed by atoms with E-state index in [2.05, 4.69) is 16.3 Å². The van der Waals surface area contributed by atoms with Crippen LogP contribution in [0, 0.1) is 0 Å². The van der Waals surface area contributed by atoms with Crippen LogP contribution in [0.1, 0.15) is 36.8 Å². The molecule has 1 N–H and O–H groups in total. The zero-order chi connectivity index (χ0) is 16.4. The number of aliphatic hydroxyl groups is 1. The summed E-state index contributed by atoms with van der Waals surface area (Å²) in [6.07, 6.45) is 1.33. The Hall–Kier alpha value is -0.950. The van der Waals surface area contributed by atoms with Crippen molar-refractivity contribution < 1.29 is 14.6 Å². The van der Waals surface area contributed by atoms with Gasteiger partial charge in [-0.1, -0.05) is 0 Å². The molecule has 1 fully saturated rings. The van der Waals surface area contributed by atoms with E-state index in [-0.39, 0.29) is 12.0 Å². The van der Waals surface area contributed by atoms with Gasteiger partial charge in [0.05, 0.1) is 24.7 Å². The molecule has 0 bridgehead atoms. The predicted octanol–water partition coefficient (Wildman–Crippen LogP) is 1.67. The van der Waals surface area contributed by atoms with Crippen molar-refractivity contribution in [1.82, 2.24) is 9.80 Å². The fraction of sp³-hybridized carbons (Fsp3) is 0.706. The van der Waals surface area contributed by atoms with Gasteiger partial charge < -0.3 is 14.7 Å². The first-order valence-corrected chi connectivity index (χ1v) is 9.21. The quantitative estimate of drug-likeness (QED) is 0.907. The van der Waals surface area contributed by atoms with E-state index in [1.54, 1.807) is 11.3 Å². The molecule has 2 aliphatic rings. The van der Waals surface area contributed by atoms with Crippen molar-refractivity contribution in [3.05, 3.63) is 21.9 Å². The number of nitrogens with zero attached hydrogens (tertiary/aromatic N) is 2. The Balaban J connectivity index is 1.51. The van der Waals surface area contributed by atoms with Crippen LogP contribution in [0.15, 0.2) is 11.4 Å². The molecule has 0 saturated carbocycles. The summed E-state index contributed by atoms with van der Waals surface area (Å²) in [6.45, 7) is 8.13. The summed E-state index contributed by atoms with van der Waals surface area (Å²) in [5, 5.41) is 12.0. The van der Waals surface area contributed by atoms with Crippen LogP contribution in [-0.4, -0.2) is 65.7 Å². The molecule has 1 saturated heterocycles. The Morgan fingerprint density at radius 3 is 2.83 bits per heavy atom. The number of ether oxygens (including phenoxy) is 1. The average molecular weight is 338 g/mol. The molecule has 6 heteroatoms. The highest BCUT2D eigenvalue weighted by Gasteiger charge is 2.29. The molecule has 0 unspecified atom stereocenters. The fourth-order valence-corrected chi connectivity index (χ4v) is 4.30. The van der Waals surface area contributed by atoms with Gasteiger partial charge in [-0.2, -0.15) is 0 Å². The van der Waals surface area contributed by atoms with Crippen molar-refractivity contribution in [3.8, 4) is 0 Å². The standard InChI is InChI=1S/C17H26N2O3S/c1-17(2,21)12-18-5-7-19(8-6-18)16(20)11-14-13-4-10-23-15(13)3-9-22-14/h4,10,14,21H,3,5-9,11-12H2,1-2H3/t14-/m0/s1. The number of piperazine rings is 1. The largest absolute Gasteiger partial charge is 0.389 e. The number of amides is 1. The van der Waals surface area contributed by atoms with Crippen LogP contribution in [0.2, 0.25) is 0 Å². The van der Waals surface area contributed by atoms with Crippen molar-refractivity contribution in [2.75, 3.05) is 39.3 Å². The average Bonchev–Trinajstić information content (AvgIpc) is 2.96. The lowest BCUT2D eigenvalue weighted by Gasteiger charge is -2.37. The van der Waals surface area contributed by atoms with Crippen molar-refractivity contribution in [2.45, 2.75) is 38.4 Å². The van der Waals surface area contributed by atoms with Gasteiger partial charge in [0.25, 0.3) is 0 Å². The Morgan fingerprint density at radius 1 is 1.39 bits per heavy atom. The SMILES string of the molecule is CC(C)(O)CN1CCN(C(=O)C[C@@H]2OCCc3sccc32)CC1. The minimum Gasteiger partial charge on any atom is -0.389 e. The highest BCUT2D eigenvalue weighted by molar-refractivity contribution is 7.10. The molecule has 0 aromatic carbocycles.